The average molecular weight is 544 g/mol. The van der Waals surface area contributed by atoms with Gasteiger partial charge < -0.3 is 30.5 Å². The lowest BCUT2D eigenvalue weighted by Crippen LogP contribution is -2.56. The normalized spacial score (nSPS) is 24.8. The minimum atomic E-state index is -0.961. The number of ketones is 1. The number of nitrogens with one attached hydrogen (secondary N) is 3. The molecule has 1 aliphatic heterocycles. The van der Waals surface area contributed by atoms with Crippen LogP contribution in [0.3, 0.4) is 0 Å². The van der Waals surface area contributed by atoms with E-state index in [1.54, 1.807) is 26.2 Å². The van der Waals surface area contributed by atoms with Crippen LogP contribution in [0.15, 0.2) is 24.3 Å². The number of carbonyl (C=O) groups excluding carboxylic acids is 4. The Labute approximate surface area is 229 Å². The maximum absolute atomic E-state index is 13.6. The third-order valence-electron chi connectivity index (χ3n) is 8.11. The third kappa shape index (κ3) is 8.25. The number of rotatable bonds is 13. The van der Waals surface area contributed by atoms with Crippen molar-refractivity contribution < 1.29 is 33.8 Å². The van der Waals surface area contributed by atoms with Gasteiger partial charge >= 0.3 is 0 Å². The van der Waals surface area contributed by atoms with Gasteiger partial charge in [0.15, 0.2) is 5.78 Å². The zero-order valence-corrected chi connectivity index (χ0v) is 22.8. The molecule has 3 aliphatic rings. The number of aliphatic hydroxyl groups excluding tert-OH is 1. The predicted octanol–water partition coefficient (Wildman–Crippen LogP) is 1.42. The van der Waals surface area contributed by atoms with Gasteiger partial charge in [0, 0.05) is 12.3 Å². The highest BCUT2D eigenvalue weighted by molar-refractivity contribution is 5.96. The summed E-state index contributed by atoms with van der Waals surface area (Å²) in [5.41, 5.74) is 0.803. The molecule has 3 amide bonds. The molecule has 1 aromatic carbocycles. The number of Topliss-reactive ketones (excluding diaryl/α,β-unsaturated/α-hetero) is 1. The van der Waals surface area contributed by atoms with Crippen LogP contribution in [0, 0.1) is 11.8 Å². The number of hydrogen-bond acceptors (Lipinski definition) is 7. The maximum Gasteiger partial charge on any atom is 0.243 e. The molecular formula is C29H41N3O7. The van der Waals surface area contributed by atoms with Crippen molar-refractivity contribution in [2.24, 2.45) is 11.8 Å². The molecule has 4 rings (SSSR count). The van der Waals surface area contributed by atoms with Gasteiger partial charge in [0.1, 0.15) is 23.9 Å². The van der Waals surface area contributed by atoms with Crippen LogP contribution in [0.4, 0.5) is 0 Å². The largest absolute Gasteiger partial charge is 0.497 e. The summed E-state index contributed by atoms with van der Waals surface area (Å²) in [6, 6.07) is 4.69. The summed E-state index contributed by atoms with van der Waals surface area (Å²) in [5, 5.41) is 18.2. The predicted molar refractivity (Wildman–Crippen MR) is 143 cm³/mol. The van der Waals surface area contributed by atoms with Gasteiger partial charge in [0.2, 0.25) is 17.7 Å². The van der Waals surface area contributed by atoms with Crippen LogP contribution in [0.25, 0.3) is 0 Å². The number of hydrogen-bond donors (Lipinski definition) is 4. The number of ether oxygens (including phenoxy) is 2. The summed E-state index contributed by atoms with van der Waals surface area (Å²) in [7, 11) is 1.57. The molecule has 2 saturated carbocycles. The Morgan fingerprint density at radius 1 is 0.974 bits per heavy atom. The van der Waals surface area contributed by atoms with Crippen LogP contribution >= 0.6 is 0 Å². The minimum Gasteiger partial charge on any atom is -0.497 e. The smallest absolute Gasteiger partial charge is 0.243 e. The fourth-order valence-electron chi connectivity index (χ4n) is 5.63. The summed E-state index contributed by atoms with van der Waals surface area (Å²) >= 11 is 0. The van der Waals surface area contributed by atoms with E-state index in [0.29, 0.717) is 44.0 Å². The van der Waals surface area contributed by atoms with E-state index in [0.717, 1.165) is 31.2 Å². The van der Waals surface area contributed by atoms with E-state index in [1.807, 2.05) is 12.1 Å². The first-order valence-electron chi connectivity index (χ1n) is 14.1. The molecule has 10 heteroatoms. The number of amides is 3. The van der Waals surface area contributed by atoms with Gasteiger partial charge in [-0.1, -0.05) is 37.8 Å². The van der Waals surface area contributed by atoms with E-state index in [2.05, 4.69) is 16.0 Å². The molecule has 10 nitrogen and oxygen atoms in total. The zero-order chi connectivity index (χ0) is 27.9. The van der Waals surface area contributed by atoms with Gasteiger partial charge in [-0.25, -0.2) is 0 Å². The molecule has 39 heavy (non-hydrogen) atoms. The highest BCUT2D eigenvalue weighted by atomic mass is 16.6. The van der Waals surface area contributed by atoms with Gasteiger partial charge in [-0.15, -0.1) is 0 Å². The Balaban J connectivity index is 1.44. The van der Waals surface area contributed by atoms with Gasteiger partial charge in [0.05, 0.1) is 25.9 Å². The summed E-state index contributed by atoms with van der Waals surface area (Å²) in [5.74, 6) is -0.643. The molecule has 1 heterocycles. The monoisotopic (exact) mass is 543 g/mol. The number of carbonyl (C=O) groups is 4. The van der Waals surface area contributed by atoms with Crippen molar-refractivity contribution in [2.75, 3.05) is 13.7 Å². The molecule has 214 valence electrons. The summed E-state index contributed by atoms with van der Waals surface area (Å²) < 4.78 is 10.4. The Morgan fingerprint density at radius 3 is 2.23 bits per heavy atom. The first kappa shape index (κ1) is 29.0. The number of epoxide rings is 1. The number of aliphatic hydroxyl groups is 1. The van der Waals surface area contributed by atoms with E-state index in [9.17, 15) is 24.3 Å². The van der Waals surface area contributed by atoms with Crippen molar-refractivity contribution >= 4 is 23.5 Å². The van der Waals surface area contributed by atoms with E-state index in [4.69, 9.17) is 9.47 Å². The van der Waals surface area contributed by atoms with Crippen molar-refractivity contribution in [2.45, 2.75) is 95.0 Å². The van der Waals surface area contributed by atoms with Crippen molar-refractivity contribution in [3.63, 3.8) is 0 Å². The van der Waals surface area contributed by atoms with E-state index in [-0.39, 0.29) is 24.0 Å². The van der Waals surface area contributed by atoms with Crippen LogP contribution in [0.2, 0.25) is 0 Å². The van der Waals surface area contributed by atoms with Crippen LogP contribution in [0.5, 0.6) is 5.75 Å². The molecule has 0 aromatic heterocycles. The first-order valence-corrected chi connectivity index (χ1v) is 14.1. The lowest BCUT2D eigenvalue weighted by molar-refractivity contribution is -0.134. The lowest BCUT2D eigenvalue weighted by Gasteiger charge is -2.26. The fraction of sp³-hybridized carbons (Fsp3) is 0.655. The first-order chi connectivity index (χ1) is 18.7. The quantitative estimate of drug-likeness (QED) is 0.275. The van der Waals surface area contributed by atoms with Crippen LogP contribution in [-0.2, 0) is 30.3 Å². The van der Waals surface area contributed by atoms with Gasteiger partial charge in [-0.05, 0) is 56.2 Å². The van der Waals surface area contributed by atoms with Crippen molar-refractivity contribution in [3.05, 3.63) is 29.8 Å². The summed E-state index contributed by atoms with van der Waals surface area (Å²) in [6.07, 6.45) is 5.62. The minimum absolute atomic E-state index is 0.121. The Bertz CT molecular complexity index is 1020. The van der Waals surface area contributed by atoms with Crippen molar-refractivity contribution in [1.29, 1.82) is 0 Å². The third-order valence-corrected chi connectivity index (χ3v) is 8.11. The van der Waals surface area contributed by atoms with Gasteiger partial charge in [0.25, 0.3) is 0 Å². The van der Waals surface area contributed by atoms with Crippen molar-refractivity contribution in [3.8, 4) is 5.75 Å². The Kier molecular flexibility index (Phi) is 9.96. The molecule has 3 fully saturated rings. The van der Waals surface area contributed by atoms with E-state index < -0.39 is 42.1 Å². The van der Waals surface area contributed by atoms with Crippen molar-refractivity contribution in [1.82, 2.24) is 16.0 Å². The molecule has 0 radical (unpaired) electrons. The van der Waals surface area contributed by atoms with Gasteiger partial charge in [-0.3, -0.25) is 19.2 Å². The Hall–Kier alpha value is -2.98. The SMILES string of the molecule is COc1ccc(C[C@H](NC(=O)[C@@H](C)NC(=O)[C@H]2CC[C@@H](O)C2)C(=O)N[C@@H](CC2CCCC2)C(=O)[C@H]2CO2)cc1. The second kappa shape index (κ2) is 13.4. The van der Waals surface area contributed by atoms with Gasteiger partial charge in [-0.2, -0.15) is 0 Å². The second-order valence-corrected chi connectivity index (χ2v) is 11.2. The molecule has 1 aromatic rings. The number of methoxy groups -OCH3 is 1. The molecule has 2 aliphatic carbocycles. The van der Waals surface area contributed by atoms with Crippen LogP contribution in [0.1, 0.15) is 63.9 Å². The van der Waals surface area contributed by atoms with Crippen LogP contribution in [-0.4, -0.2) is 72.7 Å². The summed E-state index contributed by atoms with van der Waals surface area (Å²) in [4.78, 5) is 52.3. The second-order valence-electron chi connectivity index (χ2n) is 11.2. The number of benzene rings is 1. The molecule has 4 N–H and O–H groups in total. The molecule has 0 unspecified atom stereocenters. The standard InChI is InChI=1S/C29H41N3O7/c1-17(30-28(36)20-9-10-21(33)15-20)27(35)32-24(14-19-7-11-22(38-2)12-8-19)29(37)31-23(26(34)25-16-39-25)13-18-5-3-4-6-18/h7-8,11-12,17-18,20-21,23-25,33H,3-6,9-10,13-16H2,1-2H3,(H,30,36)(H,31,37)(H,32,35)/t17-,20+,21-,23+,24+,25-/m1/s1. The fourth-order valence-corrected chi connectivity index (χ4v) is 5.63. The Morgan fingerprint density at radius 2 is 1.64 bits per heavy atom. The van der Waals surface area contributed by atoms with E-state index >= 15 is 0 Å². The van der Waals surface area contributed by atoms with E-state index in [1.165, 1.54) is 0 Å². The topological polar surface area (TPSA) is 146 Å². The average Bonchev–Trinajstić information content (AvgIpc) is 3.47. The maximum atomic E-state index is 13.6. The highest BCUT2D eigenvalue weighted by Gasteiger charge is 2.39. The molecule has 1 saturated heterocycles. The van der Waals surface area contributed by atoms with Crippen LogP contribution < -0.4 is 20.7 Å². The zero-order valence-electron chi connectivity index (χ0n) is 22.8. The molecule has 6 atom stereocenters. The highest BCUT2D eigenvalue weighted by Crippen LogP contribution is 2.30. The molecule has 0 spiro atoms. The summed E-state index contributed by atoms with van der Waals surface area (Å²) in [6.45, 7) is 1.94. The molecule has 0 bridgehead atoms. The molecular weight excluding hydrogens is 502 g/mol. The lowest BCUT2D eigenvalue weighted by atomic mass is 9.94.